The third-order valence-corrected chi connectivity index (χ3v) is 5.41. The molecule has 1 atom stereocenters. The Hall–Kier alpha value is -2.92. The maximum atomic E-state index is 13.4. The molecule has 1 amide bonds. The van der Waals surface area contributed by atoms with E-state index in [0.29, 0.717) is 27.3 Å². The molecule has 0 aliphatic carbocycles. The van der Waals surface area contributed by atoms with Gasteiger partial charge in [-0.2, -0.15) is 4.98 Å². The monoisotopic (exact) mass is 418 g/mol. The first-order chi connectivity index (χ1) is 13.5. The molecule has 0 spiro atoms. The van der Waals surface area contributed by atoms with Crippen LogP contribution in [0.3, 0.4) is 0 Å². The molecule has 0 saturated heterocycles. The van der Waals surface area contributed by atoms with Crippen molar-refractivity contribution in [3.8, 4) is 11.3 Å². The Kier molecular flexibility index (Phi) is 5.01. The number of hydrogen-bond donors (Lipinski definition) is 1. The van der Waals surface area contributed by atoms with E-state index in [9.17, 15) is 13.6 Å². The first kappa shape index (κ1) is 18.4. The number of nitrogens with one attached hydrogen (secondary N) is 1. The Morgan fingerprint density at radius 1 is 1.29 bits per heavy atom. The van der Waals surface area contributed by atoms with Crippen molar-refractivity contribution in [1.29, 1.82) is 0 Å². The topological polar surface area (TPSA) is 85.1 Å². The third kappa shape index (κ3) is 3.85. The Balaban J connectivity index is 1.43. The second-order valence-electron chi connectivity index (χ2n) is 5.67. The fourth-order valence-corrected chi connectivity index (χ4v) is 3.78. The van der Waals surface area contributed by atoms with Crippen LogP contribution in [0.15, 0.2) is 47.2 Å². The fourth-order valence-electron chi connectivity index (χ4n) is 2.30. The molecule has 7 nitrogen and oxygen atoms in total. The van der Waals surface area contributed by atoms with E-state index in [2.05, 4.69) is 25.4 Å². The molecular formula is C17H12F2N6OS2. The van der Waals surface area contributed by atoms with Crippen LogP contribution in [0.1, 0.15) is 6.92 Å². The van der Waals surface area contributed by atoms with Gasteiger partial charge in [0, 0.05) is 23.3 Å². The number of nitrogens with zero attached hydrogens (tertiary/aromatic N) is 5. The molecule has 0 saturated carbocycles. The van der Waals surface area contributed by atoms with Gasteiger partial charge in [0.15, 0.2) is 16.8 Å². The number of carbonyl (C=O) groups excluding carboxylic acids is 1. The lowest BCUT2D eigenvalue weighted by atomic mass is 10.2. The summed E-state index contributed by atoms with van der Waals surface area (Å²) in [5.74, 6) is -1.69. The average Bonchev–Trinajstić information content (AvgIpc) is 3.30. The van der Waals surface area contributed by atoms with Crippen molar-refractivity contribution in [2.45, 2.75) is 17.3 Å². The van der Waals surface area contributed by atoms with E-state index in [1.54, 1.807) is 30.8 Å². The number of benzene rings is 1. The minimum Gasteiger partial charge on any atom is -0.301 e. The molecule has 0 aliphatic rings. The van der Waals surface area contributed by atoms with Gasteiger partial charge in [-0.3, -0.25) is 4.79 Å². The van der Waals surface area contributed by atoms with E-state index < -0.39 is 16.9 Å². The SMILES string of the molecule is CC(Sc1nc2ncccn2n1)C(=O)Nc1nc(-c2ccc(F)c(F)c2)cs1. The Labute approximate surface area is 165 Å². The predicted molar refractivity (Wildman–Crippen MR) is 102 cm³/mol. The van der Waals surface area contributed by atoms with Crippen molar-refractivity contribution in [3.05, 3.63) is 53.7 Å². The maximum absolute atomic E-state index is 13.4. The van der Waals surface area contributed by atoms with Crippen LogP contribution in [0.2, 0.25) is 0 Å². The van der Waals surface area contributed by atoms with Crippen LogP contribution in [0.25, 0.3) is 17.0 Å². The van der Waals surface area contributed by atoms with Gasteiger partial charge >= 0.3 is 0 Å². The number of thiazole rings is 1. The second kappa shape index (κ2) is 7.60. The standard InChI is InChI=1S/C17H12F2N6OS2/c1-9(28-17-23-15-20-5-2-6-25(15)24-17)14(26)22-16-21-13(8-27-16)10-3-4-11(18)12(19)7-10/h2-9H,1H3,(H,21,22,26). The summed E-state index contributed by atoms with van der Waals surface area (Å²) in [4.78, 5) is 25.0. The van der Waals surface area contributed by atoms with Gasteiger partial charge in [0.2, 0.25) is 11.1 Å². The molecule has 0 radical (unpaired) electrons. The zero-order valence-electron chi connectivity index (χ0n) is 14.3. The van der Waals surface area contributed by atoms with E-state index in [-0.39, 0.29) is 5.91 Å². The van der Waals surface area contributed by atoms with E-state index in [1.165, 1.54) is 33.7 Å². The van der Waals surface area contributed by atoms with Gasteiger partial charge < -0.3 is 5.32 Å². The van der Waals surface area contributed by atoms with Crippen LogP contribution in [0, 0.1) is 11.6 Å². The summed E-state index contributed by atoms with van der Waals surface area (Å²) in [6.45, 7) is 1.73. The second-order valence-corrected chi connectivity index (χ2v) is 7.84. The van der Waals surface area contributed by atoms with Crippen molar-refractivity contribution >= 4 is 39.9 Å². The Morgan fingerprint density at radius 2 is 2.14 bits per heavy atom. The summed E-state index contributed by atoms with van der Waals surface area (Å²) in [6.07, 6.45) is 3.33. The summed E-state index contributed by atoms with van der Waals surface area (Å²) < 4.78 is 28.0. The van der Waals surface area contributed by atoms with Crippen molar-refractivity contribution in [2.24, 2.45) is 0 Å². The molecule has 0 aliphatic heterocycles. The summed E-state index contributed by atoms with van der Waals surface area (Å²) in [7, 11) is 0. The van der Waals surface area contributed by atoms with Crippen LogP contribution in [-0.4, -0.2) is 35.7 Å². The van der Waals surface area contributed by atoms with E-state index >= 15 is 0 Å². The number of anilines is 1. The summed E-state index contributed by atoms with van der Waals surface area (Å²) >= 11 is 2.39. The molecule has 0 bridgehead atoms. The smallest absolute Gasteiger partial charge is 0.253 e. The van der Waals surface area contributed by atoms with Gasteiger partial charge in [0.1, 0.15) is 0 Å². The molecule has 1 aromatic carbocycles. The van der Waals surface area contributed by atoms with Crippen molar-refractivity contribution < 1.29 is 13.6 Å². The molecule has 11 heteroatoms. The van der Waals surface area contributed by atoms with E-state index in [0.717, 1.165) is 12.1 Å². The minimum atomic E-state index is -0.949. The maximum Gasteiger partial charge on any atom is 0.253 e. The van der Waals surface area contributed by atoms with Gasteiger partial charge in [0.25, 0.3) is 5.78 Å². The van der Waals surface area contributed by atoms with E-state index in [1.807, 2.05) is 0 Å². The molecule has 3 heterocycles. The van der Waals surface area contributed by atoms with Crippen LogP contribution in [-0.2, 0) is 4.79 Å². The Morgan fingerprint density at radius 3 is 2.93 bits per heavy atom. The average molecular weight is 418 g/mol. The molecule has 0 fully saturated rings. The van der Waals surface area contributed by atoms with Crippen LogP contribution >= 0.6 is 23.1 Å². The number of aromatic nitrogens is 5. The van der Waals surface area contributed by atoms with Crippen molar-refractivity contribution in [2.75, 3.05) is 5.32 Å². The van der Waals surface area contributed by atoms with Crippen LogP contribution in [0.5, 0.6) is 0 Å². The zero-order valence-corrected chi connectivity index (χ0v) is 16.0. The third-order valence-electron chi connectivity index (χ3n) is 3.70. The summed E-state index contributed by atoms with van der Waals surface area (Å²) in [6, 6.07) is 5.27. The lowest BCUT2D eigenvalue weighted by Gasteiger charge is -2.07. The number of halogens is 2. The first-order valence-corrected chi connectivity index (χ1v) is 9.81. The fraction of sp³-hybridized carbons (Fsp3) is 0.118. The number of hydrogen-bond acceptors (Lipinski definition) is 7. The van der Waals surface area contributed by atoms with Gasteiger partial charge in [-0.1, -0.05) is 11.8 Å². The normalized spacial score (nSPS) is 12.2. The molecule has 1 N–H and O–H groups in total. The number of amides is 1. The highest BCUT2D eigenvalue weighted by Crippen LogP contribution is 2.27. The summed E-state index contributed by atoms with van der Waals surface area (Å²) in [5, 5.41) is 8.94. The molecule has 142 valence electrons. The highest BCUT2D eigenvalue weighted by atomic mass is 32.2. The number of fused-ring (bicyclic) bond motifs is 1. The van der Waals surface area contributed by atoms with E-state index in [4.69, 9.17) is 0 Å². The van der Waals surface area contributed by atoms with Crippen molar-refractivity contribution in [3.63, 3.8) is 0 Å². The number of carbonyl (C=O) groups is 1. The van der Waals surface area contributed by atoms with Gasteiger partial charge in [-0.05, 0) is 31.2 Å². The first-order valence-electron chi connectivity index (χ1n) is 8.05. The number of thioether (sulfide) groups is 1. The Bertz CT molecular complexity index is 1130. The van der Waals surface area contributed by atoms with Gasteiger partial charge in [0.05, 0.1) is 10.9 Å². The number of rotatable bonds is 5. The van der Waals surface area contributed by atoms with Crippen molar-refractivity contribution in [1.82, 2.24) is 24.6 Å². The lowest BCUT2D eigenvalue weighted by molar-refractivity contribution is -0.115. The molecular weight excluding hydrogens is 406 g/mol. The molecule has 1 unspecified atom stereocenters. The van der Waals surface area contributed by atoms with Crippen LogP contribution < -0.4 is 5.32 Å². The molecule has 4 aromatic rings. The molecule has 28 heavy (non-hydrogen) atoms. The predicted octanol–water partition coefficient (Wildman–Crippen LogP) is 3.65. The summed E-state index contributed by atoms with van der Waals surface area (Å²) in [5.41, 5.74) is 0.882. The molecule has 3 aromatic heterocycles. The largest absolute Gasteiger partial charge is 0.301 e. The molecule has 4 rings (SSSR count). The zero-order chi connectivity index (χ0) is 19.7. The minimum absolute atomic E-state index is 0.275. The highest BCUT2D eigenvalue weighted by Gasteiger charge is 2.19. The quantitative estimate of drug-likeness (QED) is 0.498. The van der Waals surface area contributed by atoms with Crippen LogP contribution in [0.4, 0.5) is 13.9 Å². The van der Waals surface area contributed by atoms with Gasteiger partial charge in [-0.15, -0.1) is 16.4 Å². The van der Waals surface area contributed by atoms with Gasteiger partial charge in [-0.25, -0.2) is 23.3 Å². The lowest BCUT2D eigenvalue weighted by Crippen LogP contribution is -2.22. The highest BCUT2D eigenvalue weighted by molar-refractivity contribution is 8.00.